The summed E-state index contributed by atoms with van der Waals surface area (Å²) in [5.74, 6) is -0.605. The molecule has 0 aliphatic carbocycles. The van der Waals surface area contributed by atoms with Crippen molar-refractivity contribution in [2.45, 2.75) is 58.5 Å². The summed E-state index contributed by atoms with van der Waals surface area (Å²) in [5.41, 5.74) is 0.721. The number of carbonyl (C=O) groups is 1. The molecule has 0 amide bonds. The van der Waals surface area contributed by atoms with Gasteiger partial charge in [0.15, 0.2) is 11.5 Å². The zero-order valence-electron chi connectivity index (χ0n) is 12.3. The molecule has 0 aliphatic rings. The molecule has 0 heterocycles. The molecule has 0 radical (unpaired) electrons. The van der Waals surface area contributed by atoms with Gasteiger partial charge in [0, 0.05) is 6.42 Å². The smallest absolute Gasteiger partial charge is 0.306 e. The Labute approximate surface area is 120 Å². The van der Waals surface area contributed by atoms with Crippen molar-refractivity contribution in [2.24, 2.45) is 0 Å². The van der Waals surface area contributed by atoms with Gasteiger partial charge in [-0.15, -0.1) is 0 Å². The lowest BCUT2D eigenvalue weighted by Crippen LogP contribution is -2.10. The van der Waals surface area contributed by atoms with Crippen LogP contribution in [0.5, 0.6) is 11.5 Å². The van der Waals surface area contributed by atoms with Crippen LogP contribution in [0.15, 0.2) is 18.2 Å². The molecule has 0 aliphatic heterocycles. The molecule has 1 aromatic rings. The highest BCUT2D eigenvalue weighted by molar-refractivity contribution is 5.69. The van der Waals surface area contributed by atoms with Crippen molar-refractivity contribution in [3.8, 4) is 11.5 Å². The first-order valence-corrected chi connectivity index (χ1v) is 7.29. The third-order valence-corrected chi connectivity index (χ3v) is 3.25. The van der Waals surface area contributed by atoms with E-state index in [0.29, 0.717) is 6.42 Å². The summed E-state index contributed by atoms with van der Waals surface area (Å²) in [6.07, 6.45) is 5.09. The third-order valence-electron chi connectivity index (χ3n) is 3.25. The van der Waals surface area contributed by atoms with E-state index in [2.05, 4.69) is 6.92 Å². The van der Waals surface area contributed by atoms with E-state index in [1.54, 1.807) is 13.0 Å². The van der Waals surface area contributed by atoms with E-state index in [1.807, 2.05) is 0 Å². The Balaban J connectivity index is 2.74. The fourth-order valence-electron chi connectivity index (χ4n) is 2.03. The second kappa shape index (κ2) is 8.46. The van der Waals surface area contributed by atoms with Gasteiger partial charge in [0.1, 0.15) is 6.10 Å². The van der Waals surface area contributed by atoms with E-state index in [4.69, 9.17) is 4.74 Å². The van der Waals surface area contributed by atoms with Gasteiger partial charge in [0.2, 0.25) is 0 Å². The lowest BCUT2D eigenvalue weighted by atomic mass is 10.0. The molecular formula is C16H24O4. The van der Waals surface area contributed by atoms with Crippen molar-refractivity contribution >= 4 is 5.97 Å². The molecule has 1 rings (SSSR count). The molecule has 1 aromatic carbocycles. The monoisotopic (exact) mass is 280 g/mol. The molecule has 4 nitrogen and oxygen atoms in total. The Kier molecular flexibility index (Phi) is 6.91. The summed E-state index contributed by atoms with van der Waals surface area (Å²) < 4.78 is 5.43. The summed E-state index contributed by atoms with van der Waals surface area (Å²) >= 11 is 0. The average molecular weight is 280 g/mol. The predicted octanol–water partition coefficient (Wildman–Crippen LogP) is 4.06. The number of esters is 1. The normalized spacial score (nSPS) is 12.1. The Hall–Kier alpha value is -1.71. The zero-order valence-corrected chi connectivity index (χ0v) is 12.3. The molecular weight excluding hydrogens is 256 g/mol. The minimum atomic E-state index is -0.356. The molecule has 0 bridgehead atoms. The van der Waals surface area contributed by atoms with Crippen molar-refractivity contribution in [3.63, 3.8) is 0 Å². The molecule has 20 heavy (non-hydrogen) atoms. The number of hydrogen-bond donors (Lipinski definition) is 2. The number of phenolic OH excluding ortho intramolecular Hbond substituents is 2. The highest BCUT2D eigenvalue weighted by Crippen LogP contribution is 2.31. The summed E-state index contributed by atoms with van der Waals surface area (Å²) in [5, 5.41) is 18.9. The lowest BCUT2D eigenvalue weighted by molar-refractivity contribution is -0.149. The minimum Gasteiger partial charge on any atom is -0.504 e. The van der Waals surface area contributed by atoms with Crippen LogP contribution in [0.3, 0.4) is 0 Å². The molecule has 112 valence electrons. The van der Waals surface area contributed by atoms with Crippen LogP contribution in [0.4, 0.5) is 0 Å². The Morgan fingerprint density at radius 2 is 1.90 bits per heavy atom. The van der Waals surface area contributed by atoms with E-state index < -0.39 is 0 Å². The van der Waals surface area contributed by atoms with Crippen LogP contribution >= 0.6 is 0 Å². The van der Waals surface area contributed by atoms with Crippen molar-refractivity contribution in [1.82, 2.24) is 0 Å². The Morgan fingerprint density at radius 3 is 2.50 bits per heavy atom. The lowest BCUT2D eigenvalue weighted by Gasteiger charge is -2.18. The van der Waals surface area contributed by atoms with Crippen molar-refractivity contribution in [2.75, 3.05) is 0 Å². The van der Waals surface area contributed by atoms with Crippen LogP contribution < -0.4 is 0 Å². The number of carbonyl (C=O) groups excluding carboxylic acids is 1. The largest absolute Gasteiger partial charge is 0.504 e. The van der Waals surface area contributed by atoms with E-state index in [9.17, 15) is 15.0 Å². The number of aromatic hydroxyl groups is 2. The molecule has 0 aromatic heterocycles. The zero-order chi connectivity index (χ0) is 15.0. The third kappa shape index (κ3) is 5.11. The van der Waals surface area contributed by atoms with Crippen LogP contribution in [-0.2, 0) is 9.53 Å². The van der Waals surface area contributed by atoms with E-state index >= 15 is 0 Å². The SMILES string of the molecule is CCCCCCC(OC(=O)CC)c1ccc(O)c(O)c1. The van der Waals surface area contributed by atoms with Gasteiger partial charge in [-0.05, 0) is 30.5 Å². The van der Waals surface area contributed by atoms with Gasteiger partial charge in [-0.25, -0.2) is 0 Å². The maximum Gasteiger partial charge on any atom is 0.306 e. The second-order valence-electron chi connectivity index (χ2n) is 4.93. The number of hydrogen-bond acceptors (Lipinski definition) is 4. The topological polar surface area (TPSA) is 66.8 Å². The quantitative estimate of drug-likeness (QED) is 0.428. The number of benzene rings is 1. The number of ether oxygens (including phenoxy) is 1. The first-order chi connectivity index (χ1) is 9.58. The van der Waals surface area contributed by atoms with E-state index in [-0.39, 0.29) is 23.6 Å². The minimum absolute atomic E-state index is 0.166. The van der Waals surface area contributed by atoms with Gasteiger partial charge in [-0.1, -0.05) is 39.2 Å². The summed E-state index contributed by atoms with van der Waals surface area (Å²) in [6.45, 7) is 3.90. The molecule has 2 N–H and O–H groups in total. The van der Waals surface area contributed by atoms with Crippen molar-refractivity contribution in [3.05, 3.63) is 23.8 Å². The van der Waals surface area contributed by atoms with Crippen LogP contribution in [0.2, 0.25) is 0 Å². The molecule has 0 saturated carbocycles. The average Bonchev–Trinajstić information content (AvgIpc) is 2.45. The van der Waals surface area contributed by atoms with Gasteiger partial charge in [0.05, 0.1) is 0 Å². The fourth-order valence-corrected chi connectivity index (χ4v) is 2.03. The highest BCUT2D eigenvalue weighted by Gasteiger charge is 2.17. The van der Waals surface area contributed by atoms with Gasteiger partial charge >= 0.3 is 5.97 Å². The molecule has 0 fully saturated rings. The standard InChI is InChI=1S/C16H24O4/c1-3-5-6-7-8-15(20-16(19)4-2)12-9-10-13(17)14(18)11-12/h9-11,15,17-18H,3-8H2,1-2H3. The number of phenols is 2. The van der Waals surface area contributed by atoms with E-state index in [1.165, 1.54) is 12.1 Å². The van der Waals surface area contributed by atoms with Crippen LogP contribution in [0.1, 0.15) is 64.0 Å². The number of rotatable bonds is 8. The number of unbranched alkanes of at least 4 members (excludes halogenated alkanes) is 3. The fraction of sp³-hybridized carbons (Fsp3) is 0.562. The summed E-state index contributed by atoms with van der Waals surface area (Å²) in [4.78, 5) is 11.5. The molecule has 4 heteroatoms. The van der Waals surface area contributed by atoms with Crippen LogP contribution in [-0.4, -0.2) is 16.2 Å². The molecule has 1 unspecified atom stereocenters. The molecule has 1 atom stereocenters. The highest BCUT2D eigenvalue weighted by atomic mass is 16.5. The van der Waals surface area contributed by atoms with Crippen molar-refractivity contribution < 1.29 is 19.7 Å². The molecule has 0 spiro atoms. The molecule has 0 saturated heterocycles. The first kappa shape index (κ1) is 16.3. The van der Waals surface area contributed by atoms with E-state index in [0.717, 1.165) is 37.7 Å². The first-order valence-electron chi connectivity index (χ1n) is 7.29. The summed E-state index contributed by atoms with van der Waals surface area (Å²) in [7, 11) is 0. The Morgan fingerprint density at radius 1 is 1.15 bits per heavy atom. The maximum atomic E-state index is 11.5. The maximum absolute atomic E-state index is 11.5. The van der Waals surface area contributed by atoms with Gasteiger partial charge in [-0.2, -0.15) is 0 Å². The van der Waals surface area contributed by atoms with Gasteiger partial charge in [0.25, 0.3) is 0 Å². The predicted molar refractivity (Wildman–Crippen MR) is 77.7 cm³/mol. The van der Waals surface area contributed by atoms with Gasteiger partial charge < -0.3 is 14.9 Å². The van der Waals surface area contributed by atoms with Crippen molar-refractivity contribution in [1.29, 1.82) is 0 Å². The summed E-state index contributed by atoms with van der Waals surface area (Å²) in [6, 6.07) is 4.56. The second-order valence-corrected chi connectivity index (χ2v) is 4.93. The Bertz CT molecular complexity index is 428. The van der Waals surface area contributed by atoms with Gasteiger partial charge in [-0.3, -0.25) is 4.79 Å². The van der Waals surface area contributed by atoms with Crippen LogP contribution in [0.25, 0.3) is 0 Å². The van der Waals surface area contributed by atoms with Crippen LogP contribution in [0, 0.1) is 0 Å².